The second kappa shape index (κ2) is 10.1. The van der Waals surface area contributed by atoms with Gasteiger partial charge in [0.25, 0.3) is 0 Å². The van der Waals surface area contributed by atoms with Crippen molar-refractivity contribution in [2.75, 3.05) is 38.0 Å². The lowest BCUT2D eigenvalue weighted by Gasteiger charge is -2.32. The molecule has 0 spiro atoms. The molecule has 2 aliphatic rings. The molecule has 0 aromatic heterocycles. The summed E-state index contributed by atoms with van der Waals surface area (Å²) in [5.74, 6) is 0.560. The number of benzene rings is 1. The predicted octanol–water partition coefficient (Wildman–Crippen LogP) is 2.25. The van der Waals surface area contributed by atoms with Gasteiger partial charge in [0.15, 0.2) is 0 Å². The molecule has 2 fully saturated rings. The highest BCUT2D eigenvalue weighted by atomic mass is 35.5. The first-order chi connectivity index (χ1) is 13.1. The Bertz CT molecular complexity index is 649. The summed E-state index contributed by atoms with van der Waals surface area (Å²) in [6.45, 7) is 4.32. The van der Waals surface area contributed by atoms with Crippen LogP contribution in [0.4, 0.5) is 5.69 Å². The molecule has 2 atom stereocenters. The summed E-state index contributed by atoms with van der Waals surface area (Å²) in [6, 6.07) is 7.25. The highest BCUT2D eigenvalue weighted by molar-refractivity contribution is 6.33. The first-order valence-corrected chi connectivity index (χ1v) is 10.3. The number of nitrogens with one attached hydrogen (secondary N) is 3. The van der Waals surface area contributed by atoms with Gasteiger partial charge in [0.05, 0.1) is 16.8 Å². The summed E-state index contributed by atoms with van der Waals surface area (Å²) in [7, 11) is 0. The van der Waals surface area contributed by atoms with E-state index in [4.69, 9.17) is 11.6 Å². The van der Waals surface area contributed by atoms with Crippen molar-refractivity contribution in [3.63, 3.8) is 0 Å². The standard InChI is InChI=1S/C20H29ClN4O2/c21-16-6-1-2-7-17(16)24-19(26)9-12-25-11-4-5-15(14-25)13-23-20(27)18-8-3-10-22-18/h1-2,6-7,15,18,22H,3-5,8-14H2,(H,23,27)(H,24,26). The fourth-order valence-corrected chi connectivity index (χ4v) is 4.02. The Kier molecular flexibility index (Phi) is 7.50. The van der Waals surface area contributed by atoms with Gasteiger partial charge in [0, 0.05) is 26.1 Å². The van der Waals surface area contributed by atoms with Crippen LogP contribution in [0, 0.1) is 5.92 Å². The monoisotopic (exact) mass is 392 g/mol. The molecular formula is C20H29ClN4O2. The number of piperidine rings is 1. The summed E-state index contributed by atoms with van der Waals surface area (Å²) in [4.78, 5) is 26.6. The van der Waals surface area contributed by atoms with Gasteiger partial charge >= 0.3 is 0 Å². The highest BCUT2D eigenvalue weighted by Gasteiger charge is 2.24. The van der Waals surface area contributed by atoms with Crippen LogP contribution in [0.5, 0.6) is 0 Å². The Morgan fingerprint density at radius 3 is 2.85 bits per heavy atom. The second-order valence-corrected chi connectivity index (χ2v) is 7.89. The first-order valence-electron chi connectivity index (χ1n) is 9.89. The van der Waals surface area contributed by atoms with Crippen molar-refractivity contribution in [3.8, 4) is 0 Å². The van der Waals surface area contributed by atoms with Crippen molar-refractivity contribution >= 4 is 29.1 Å². The van der Waals surface area contributed by atoms with Crippen molar-refractivity contribution in [1.29, 1.82) is 0 Å². The van der Waals surface area contributed by atoms with E-state index in [1.165, 1.54) is 0 Å². The maximum atomic E-state index is 12.2. The van der Waals surface area contributed by atoms with Crippen LogP contribution in [0.15, 0.2) is 24.3 Å². The van der Waals surface area contributed by atoms with Gasteiger partial charge in [0.2, 0.25) is 11.8 Å². The zero-order valence-electron chi connectivity index (χ0n) is 15.7. The Morgan fingerprint density at radius 2 is 2.07 bits per heavy atom. The number of hydrogen-bond donors (Lipinski definition) is 3. The number of anilines is 1. The van der Waals surface area contributed by atoms with E-state index in [0.717, 1.165) is 58.4 Å². The van der Waals surface area contributed by atoms with E-state index in [0.29, 0.717) is 23.0 Å². The van der Waals surface area contributed by atoms with Gasteiger partial charge in [-0.15, -0.1) is 0 Å². The zero-order valence-corrected chi connectivity index (χ0v) is 16.4. The number of rotatable bonds is 7. The molecule has 148 valence electrons. The number of likely N-dealkylation sites (tertiary alicyclic amines) is 1. The number of amides is 2. The van der Waals surface area contributed by atoms with Crippen LogP contribution in [-0.2, 0) is 9.59 Å². The maximum Gasteiger partial charge on any atom is 0.237 e. The van der Waals surface area contributed by atoms with Gasteiger partial charge < -0.3 is 20.9 Å². The highest BCUT2D eigenvalue weighted by Crippen LogP contribution is 2.21. The van der Waals surface area contributed by atoms with E-state index in [9.17, 15) is 9.59 Å². The topological polar surface area (TPSA) is 73.5 Å². The number of hydrogen-bond acceptors (Lipinski definition) is 4. The SMILES string of the molecule is O=C(CCN1CCCC(CNC(=O)C2CCCN2)C1)Nc1ccccc1Cl. The molecule has 6 nitrogen and oxygen atoms in total. The minimum atomic E-state index is -0.0224. The van der Waals surface area contributed by atoms with Crippen LogP contribution in [-0.4, -0.2) is 55.5 Å². The first kappa shape index (κ1) is 20.1. The van der Waals surface area contributed by atoms with Gasteiger partial charge in [-0.1, -0.05) is 23.7 Å². The molecule has 7 heteroatoms. The third-order valence-electron chi connectivity index (χ3n) is 5.35. The molecular weight excluding hydrogens is 364 g/mol. The fourth-order valence-electron chi connectivity index (χ4n) is 3.83. The molecule has 2 amide bonds. The smallest absolute Gasteiger partial charge is 0.237 e. The van der Waals surface area contributed by atoms with Gasteiger partial charge in [-0.2, -0.15) is 0 Å². The Morgan fingerprint density at radius 1 is 1.22 bits per heavy atom. The van der Waals surface area contributed by atoms with Crippen molar-refractivity contribution in [2.45, 2.75) is 38.1 Å². The van der Waals surface area contributed by atoms with E-state index < -0.39 is 0 Å². The summed E-state index contributed by atoms with van der Waals surface area (Å²) in [5.41, 5.74) is 0.656. The third kappa shape index (κ3) is 6.19. The summed E-state index contributed by atoms with van der Waals surface area (Å²) in [5, 5.41) is 9.75. The summed E-state index contributed by atoms with van der Waals surface area (Å²) in [6.07, 6.45) is 4.68. The maximum absolute atomic E-state index is 12.2. The summed E-state index contributed by atoms with van der Waals surface area (Å²) < 4.78 is 0. The Labute approximate surface area is 166 Å². The molecule has 2 saturated heterocycles. The predicted molar refractivity (Wildman–Crippen MR) is 108 cm³/mol. The van der Waals surface area contributed by atoms with Crippen LogP contribution in [0.3, 0.4) is 0 Å². The normalized spacial score (nSPS) is 23.1. The number of carbonyl (C=O) groups is 2. The molecule has 2 heterocycles. The lowest BCUT2D eigenvalue weighted by molar-refractivity contribution is -0.123. The van der Waals surface area contributed by atoms with Crippen LogP contribution in [0.2, 0.25) is 5.02 Å². The number of halogens is 1. The van der Waals surface area contributed by atoms with Crippen molar-refractivity contribution in [1.82, 2.24) is 15.5 Å². The van der Waals surface area contributed by atoms with E-state index >= 15 is 0 Å². The zero-order chi connectivity index (χ0) is 19.1. The quantitative estimate of drug-likeness (QED) is 0.665. The van der Waals surface area contributed by atoms with E-state index in [1.54, 1.807) is 12.1 Å². The van der Waals surface area contributed by atoms with Gasteiger partial charge in [0.1, 0.15) is 0 Å². The number of nitrogens with zero attached hydrogens (tertiary/aromatic N) is 1. The average molecular weight is 393 g/mol. The van der Waals surface area contributed by atoms with Crippen LogP contribution >= 0.6 is 11.6 Å². The van der Waals surface area contributed by atoms with E-state index in [2.05, 4.69) is 20.9 Å². The molecule has 0 bridgehead atoms. The van der Waals surface area contributed by atoms with E-state index in [1.807, 2.05) is 12.1 Å². The van der Waals surface area contributed by atoms with E-state index in [-0.39, 0.29) is 17.9 Å². The molecule has 0 saturated carbocycles. The minimum Gasteiger partial charge on any atom is -0.354 e. The molecule has 3 rings (SSSR count). The van der Waals surface area contributed by atoms with Crippen LogP contribution in [0.1, 0.15) is 32.1 Å². The minimum absolute atomic E-state index is 0.0156. The molecule has 1 aromatic rings. The third-order valence-corrected chi connectivity index (χ3v) is 5.68. The molecule has 3 N–H and O–H groups in total. The van der Waals surface area contributed by atoms with Gasteiger partial charge in [-0.3, -0.25) is 9.59 Å². The van der Waals surface area contributed by atoms with Gasteiger partial charge in [-0.25, -0.2) is 0 Å². The number of carbonyl (C=O) groups excluding carboxylic acids is 2. The lowest BCUT2D eigenvalue weighted by atomic mass is 9.97. The molecule has 0 radical (unpaired) electrons. The molecule has 0 aliphatic carbocycles. The Hall–Kier alpha value is -1.63. The van der Waals surface area contributed by atoms with Crippen LogP contribution in [0.25, 0.3) is 0 Å². The van der Waals surface area contributed by atoms with Crippen LogP contribution < -0.4 is 16.0 Å². The molecule has 2 unspecified atom stereocenters. The summed E-state index contributed by atoms with van der Waals surface area (Å²) >= 11 is 6.08. The van der Waals surface area contributed by atoms with Crippen molar-refractivity contribution < 1.29 is 9.59 Å². The molecule has 1 aromatic carbocycles. The Balaban J connectivity index is 1.37. The number of para-hydroxylation sites is 1. The largest absolute Gasteiger partial charge is 0.354 e. The fraction of sp³-hybridized carbons (Fsp3) is 0.600. The van der Waals surface area contributed by atoms with Crippen molar-refractivity contribution in [3.05, 3.63) is 29.3 Å². The average Bonchev–Trinajstić information content (AvgIpc) is 3.22. The van der Waals surface area contributed by atoms with Crippen molar-refractivity contribution in [2.24, 2.45) is 5.92 Å². The molecule has 2 aliphatic heterocycles. The molecule has 27 heavy (non-hydrogen) atoms. The second-order valence-electron chi connectivity index (χ2n) is 7.48. The lowest BCUT2D eigenvalue weighted by Crippen LogP contribution is -2.45. The van der Waals surface area contributed by atoms with Gasteiger partial charge in [-0.05, 0) is 56.8 Å².